The van der Waals surface area contributed by atoms with Crippen molar-refractivity contribution in [1.29, 1.82) is 0 Å². The van der Waals surface area contributed by atoms with Crippen molar-refractivity contribution in [3.63, 3.8) is 0 Å². The first kappa shape index (κ1) is 24.1. The summed E-state index contributed by atoms with van der Waals surface area (Å²) in [5.41, 5.74) is 3.10. The topological polar surface area (TPSA) is 49.9 Å². The van der Waals surface area contributed by atoms with Gasteiger partial charge in [-0.25, -0.2) is 0 Å². The number of nitrogens with one attached hydrogen (secondary N) is 1. The first-order valence-corrected chi connectivity index (χ1v) is 12.1. The van der Waals surface area contributed by atoms with Crippen LogP contribution in [0.2, 0.25) is 0 Å². The van der Waals surface area contributed by atoms with Crippen molar-refractivity contribution < 1.29 is 27.0 Å². The quantitative estimate of drug-likeness (QED) is 0.570. The normalized spacial score (nSPS) is 24.5. The summed E-state index contributed by atoms with van der Waals surface area (Å²) in [6.45, 7) is 3.09. The van der Waals surface area contributed by atoms with Crippen molar-refractivity contribution >= 4 is 5.69 Å². The Hall–Kier alpha value is -2.59. The predicted octanol–water partition coefficient (Wildman–Crippen LogP) is 4.55. The van der Waals surface area contributed by atoms with Crippen LogP contribution in [-0.2, 0) is 6.42 Å². The largest absolute Gasteiger partial charge is 0.454 e. The van der Waals surface area contributed by atoms with Gasteiger partial charge in [-0.05, 0) is 61.6 Å². The highest BCUT2D eigenvalue weighted by Gasteiger charge is 2.42. The molecule has 1 aromatic heterocycles. The fourth-order valence-corrected chi connectivity index (χ4v) is 5.41. The number of nitrogens with zero attached hydrogens (tertiary/aromatic N) is 3. The number of ether oxygens (including phenoxy) is 2. The van der Waals surface area contributed by atoms with Gasteiger partial charge in [0.15, 0.2) is 11.5 Å². The molecule has 1 saturated heterocycles. The summed E-state index contributed by atoms with van der Waals surface area (Å²) in [6, 6.07) is 6.62. The number of rotatable bonds is 7. The smallest absolute Gasteiger partial charge is 0.401 e. The van der Waals surface area contributed by atoms with Gasteiger partial charge in [0, 0.05) is 31.7 Å². The summed E-state index contributed by atoms with van der Waals surface area (Å²) in [5.74, 6) is 1.18. The lowest BCUT2D eigenvalue weighted by Crippen LogP contribution is -2.47. The van der Waals surface area contributed by atoms with E-state index in [1.54, 1.807) is 18.3 Å². The van der Waals surface area contributed by atoms with Gasteiger partial charge in [0.25, 0.3) is 0 Å². The molecular formula is C25H30F4N4O2. The number of likely N-dealkylation sites (tertiary alicyclic amines) is 1. The lowest BCUT2D eigenvalue weighted by atomic mass is 9.86. The molecule has 0 saturated carbocycles. The van der Waals surface area contributed by atoms with Crippen LogP contribution in [0, 0.1) is 0 Å². The van der Waals surface area contributed by atoms with E-state index in [0.29, 0.717) is 30.0 Å². The van der Waals surface area contributed by atoms with E-state index in [1.807, 2.05) is 19.1 Å². The van der Waals surface area contributed by atoms with E-state index in [-0.39, 0.29) is 25.6 Å². The molecule has 0 amide bonds. The van der Waals surface area contributed by atoms with Gasteiger partial charge in [-0.15, -0.1) is 0 Å². The van der Waals surface area contributed by atoms with Gasteiger partial charge in [0.2, 0.25) is 6.79 Å². The van der Waals surface area contributed by atoms with Gasteiger partial charge >= 0.3 is 6.18 Å². The van der Waals surface area contributed by atoms with E-state index in [9.17, 15) is 17.6 Å². The van der Waals surface area contributed by atoms with Gasteiger partial charge < -0.3 is 19.7 Å². The average Bonchev–Trinajstić information content (AvgIpc) is 3.46. The Labute approximate surface area is 202 Å². The third kappa shape index (κ3) is 5.33. The molecule has 35 heavy (non-hydrogen) atoms. The summed E-state index contributed by atoms with van der Waals surface area (Å²) in [6.07, 6.45) is -0.665. The van der Waals surface area contributed by atoms with Crippen molar-refractivity contribution in [3.05, 3.63) is 47.3 Å². The molecule has 1 unspecified atom stereocenters. The van der Waals surface area contributed by atoms with Crippen LogP contribution in [0.25, 0.3) is 0 Å². The lowest BCUT2D eigenvalue weighted by Gasteiger charge is -2.42. The molecule has 0 spiro atoms. The molecule has 0 aliphatic carbocycles. The molecule has 0 bridgehead atoms. The fourth-order valence-electron chi connectivity index (χ4n) is 5.41. The first-order chi connectivity index (χ1) is 16.8. The maximum atomic E-state index is 13.6. The Bertz CT molecular complexity index is 1030. The molecule has 5 rings (SSSR count). The number of hydrogen-bond donors (Lipinski definition) is 1. The minimum absolute atomic E-state index is 0.107. The highest BCUT2D eigenvalue weighted by atomic mass is 19.4. The monoisotopic (exact) mass is 494 g/mol. The van der Waals surface area contributed by atoms with E-state index >= 15 is 0 Å². The minimum Gasteiger partial charge on any atom is -0.454 e. The van der Waals surface area contributed by atoms with E-state index in [0.717, 1.165) is 42.9 Å². The molecule has 6 nitrogen and oxygen atoms in total. The third-order valence-corrected chi connectivity index (χ3v) is 7.02. The zero-order valence-electron chi connectivity index (χ0n) is 19.7. The van der Waals surface area contributed by atoms with Crippen molar-refractivity contribution in [3.8, 4) is 11.5 Å². The lowest BCUT2D eigenvalue weighted by molar-refractivity contribution is -0.155. The molecule has 0 radical (unpaired) electrons. The van der Waals surface area contributed by atoms with Crippen LogP contribution in [0.15, 0.2) is 30.5 Å². The highest BCUT2D eigenvalue weighted by Crippen LogP contribution is 2.44. The van der Waals surface area contributed by atoms with Gasteiger partial charge in [0.05, 0.1) is 36.8 Å². The molecule has 1 fully saturated rings. The zero-order valence-corrected chi connectivity index (χ0v) is 19.7. The second kappa shape index (κ2) is 9.81. The highest BCUT2D eigenvalue weighted by molar-refractivity contribution is 5.53. The Morgan fingerprint density at radius 2 is 1.97 bits per heavy atom. The van der Waals surface area contributed by atoms with Gasteiger partial charge in [0.1, 0.15) is 0 Å². The molecule has 190 valence electrons. The van der Waals surface area contributed by atoms with Crippen molar-refractivity contribution in [1.82, 2.24) is 14.8 Å². The number of hydrogen-bond acceptors (Lipinski definition) is 6. The standard InChI is InChI=1S/C25H30F4N4O2/c1-16-9-17-10-22-23(35-15-34-22)11-20(17)24(33(16)14-25(27,28)29)21-4-3-18(12-30-21)31-19-5-8-32(13-19)7-2-6-26/h3-4,10-12,16,19,24,31H,2,5-9,13-15H2,1H3/t16-,19?,24+/m1/s1. The molecule has 4 heterocycles. The third-order valence-electron chi connectivity index (χ3n) is 7.02. The number of halogens is 4. The summed E-state index contributed by atoms with van der Waals surface area (Å²) < 4.78 is 64.1. The number of anilines is 1. The van der Waals surface area contributed by atoms with Gasteiger partial charge in [-0.3, -0.25) is 14.3 Å². The SMILES string of the molecule is C[C@@H]1Cc2cc3c(cc2[C@@H](c2ccc(NC4CCN(CCCF)C4)cn2)N1CC(F)(F)F)OCO3. The second-order valence-corrected chi connectivity index (χ2v) is 9.59. The predicted molar refractivity (Wildman–Crippen MR) is 124 cm³/mol. The van der Waals surface area contributed by atoms with Crippen molar-refractivity contribution in [2.45, 2.75) is 50.5 Å². The van der Waals surface area contributed by atoms with E-state index in [2.05, 4.69) is 15.2 Å². The average molecular weight is 495 g/mol. The number of benzene rings is 1. The van der Waals surface area contributed by atoms with Gasteiger partial charge in [-0.1, -0.05) is 0 Å². The second-order valence-electron chi connectivity index (χ2n) is 9.59. The summed E-state index contributed by atoms with van der Waals surface area (Å²) in [7, 11) is 0. The van der Waals surface area contributed by atoms with E-state index < -0.39 is 18.8 Å². The van der Waals surface area contributed by atoms with Crippen LogP contribution < -0.4 is 14.8 Å². The van der Waals surface area contributed by atoms with E-state index in [1.165, 1.54) is 4.90 Å². The molecule has 3 aliphatic heterocycles. The Morgan fingerprint density at radius 3 is 2.69 bits per heavy atom. The number of pyridine rings is 1. The Balaban J connectivity index is 1.39. The molecule has 3 aliphatic rings. The first-order valence-electron chi connectivity index (χ1n) is 12.1. The number of aromatic nitrogens is 1. The molecule has 10 heteroatoms. The van der Waals surface area contributed by atoms with Crippen molar-refractivity contribution in [2.24, 2.45) is 0 Å². The van der Waals surface area contributed by atoms with Crippen LogP contribution in [0.3, 0.4) is 0 Å². The maximum Gasteiger partial charge on any atom is 0.401 e. The number of fused-ring (bicyclic) bond motifs is 2. The molecule has 2 aromatic rings. The van der Waals surface area contributed by atoms with E-state index in [4.69, 9.17) is 9.47 Å². The molecule has 1 aromatic carbocycles. The van der Waals surface area contributed by atoms with Crippen LogP contribution in [0.5, 0.6) is 11.5 Å². The fraction of sp³-hybridized carbons (Fsp3) is 0.560. The van der Waals surface area contributed by atoms with Crippen LogP contribution in [-0.4, -0.2) is 72.7 Å². The summed E-state index contributed by atoms with van der Waals surface area (Å²) in [5, 5.41) is 3.46. The minimum atomic E-state index is -4.33. The summed E-state index contributed by atoms with van der Waals surface area (Å²) >= 11 is 0. The Kier molecular flexibility index (Phi) is 6.76. The van der Waals surface area contributed by atoms with Gasteiger partial charge in [-0.2, -0.15) is 13.2 Å². The maximum absolute atomic E-state index is 13.6. The summed E-state index contributed by atoms with van der Waals surface area (Å²) in [4.78, 5) is 8.32. The van der Waals surface area contributed by atoms with Crippen LogP contribution >= 0.6 is 0 Å². The molecule has 3 atom stereocenters. The number of alkyl halides is 4. The molecule has 1 N–H and O–H groups in total. The Morgan fingerprint density at radius 1 is 1.17 bits per heavy atom. The van der Waals surface area contributed by atoms with Crippen LogP contribution in [0.1, 0.15) is 42.6 Å². The van der Waals surface area contributed by atoms with Crippen LogP contribution in [0.4, 0.5) is 23.2 Å². The molecular weight excluding hydrogens is 464 g/mol. The zero-order chi connectivity index (χ0) is 24.6. The van der Waals surface area contributed by atoms with Crippen molar-refractivity contribution in [2.75, 3.05) is 45.0 Å².